The number of halogens is 1. The molecular weight excluding hydrogens is 396 g/mol. The van der Waals surface area contributed by atoms with Crippen molar-refractivity contribution in [3.05, 3.63) is 77.6 Å². The molecule has 1 aliphatic heterocycles. The van der Waals surface area contributed by atoms with Crippen molar-refractivity contribution in [2.45, 2.75) is 19.4 Å². The monoisotopic (exact) mass is 418 g/mol. The Morgan fingerprint density at radius 2 is 1.93 bits per heavy atom. The fourth-order valence-electron chi connectivity index (χ4n) is 4.09. The summed E-state index contributed by atoms with van der Waals surface area (Å²) in [5, 5.41) is 5.15. The molecule has 6 heteroatoms. The second-order valence-electron chi connectivity index (χ2n) is 8.05. The van der Waals surface area contributed by atoms with Crippen molar-refractivity contribution in [1.29, 1.82) is 0 Å². The van der Waals surface area contributed by atoms with Crippen molar-refractivity contribution >= 4 is 39.7 Å². The topological polar surface area (TPSA) is 53.2 Å². The fourth-order valence-corrected chi connectivity index (χ4v) is 4.38. The van der Waals surface area contributed by atoms with Crippen LogP contribution in [-0.4, -0.2) is 28.7 Å². The molecule has 0 spiro atoms. The molecule has 0 aliphatic carbocycles. The largest absolute Gasteiger partial charge is 0.484 e. The molecule has 1 saturated heterocycles. The van der Waals surface area contributed by atoms with E-state index in [-0.39, 0.29) is 5.60 Å². The zero-order valence-electron chi connectivity index (χ0n) is 16.9. The molecule has 30 heavy (non-hydrogen) atoms. The highest BCUT2D eigenvalue weighted by Crippen LogP contribution is 2.36. The predicted molar refractivity (Wildman–Crippen MR) is 123 cm³/mol. The Morgan fingerprint density at radius 1 is 1.13 bits per heavy atom. The molecule has 1 fully saturated rings. The van der Waals surface area contributed by atoms with Gasteiger partial charge in [-0.1, -0.05) is 29.8 Å². The highest BCUT2D eigenvalue weighted by molar-refractivity contribution is 6.35. The number of pyridine rings is 1. The number of nitrogens with zero attached hydrogens (tertiary/aromatic N) is 2. The molecule has 2 N–H and O–H groups in total. The third-order valence-electron chi connectivity index (χ3n) is 5.56. The van der Waals surface area contributed by atoms with E-state index >= 15 is 0 Å². The summed E-state index contributed by atoms with van der Waals surface area (Å²) in [5.41, 5.74) is 3.96. The van der Waals surface area contributed by atoms with E-state index < -0.39 is 0 Å². The van der Waals surface area contributed by atoms with Crippen LogP contribution in [0.4, 0.5) is 17.2 Å². The van der Waals surface area contributed by atoms with Crippen molar-refractivity contribution in [2.24, 2.45) is 0 Å². The molecule has 4 aromatic rings. The third kappa shape index (κ3) is 3.46. The summed E-state index contributed by atoms with van der Waals surface area (Å²) in [5.74, 6) is 1.73. The van der Waals surface area contributed by atoms with E-state index in [1.807, 2.05) is 60.9 Å². The first-order valence-electron chi connectivity index (χ1n) is 9.99. The summed E-state index contributed by atoms with van der Waals surface area (Å²) in [6, 6.07) is 18.0. The molecule has 0 atom stereocenters. The van der Waals surface area contributed by atoms with Gasteiger partial charge in [-0.3, -0.25) is 0 Å². The maximum absolute atomic E-state index is 6.42. The van der Waals surface area contributed by atoms with Crippen LogP contribution in [-0.2, 0) is 0 Å². The van der Waals surface area contributed by atoms with Gasteiger partial charge in [-0.05, 0) is 50.2 Å². The maximum Gasteiger partial charge on any atom is 0.141 e. The van der Waals surface area contributed by atoms with Crippen LogP contribution in [0, 0.1) is 6.92 Å². The van der Waals surface area contributed by atoms with Crippen LogP contribution in [0.15, 0.2) is 67.0 Å². The number of benzene rings is 2. The quantitative estimate of drug-likeness (QED) is 0.422. The van der Waals surface area contributed by atoms with Gasteiger partial charge >= 0.3 is 0 Å². The third-order valence-corrected chi connectivity index (χ3v) is 5.87. The number of nitrogens with one attached hydrogen (secondary N) is 2. The van der Waals surface area contributed by atoms with Crippen LogP contribution in [0.25, 0.3) is 10.9 Å². The smallest absolute Gasteiger partial charge is 0.141 e. The lowest BCUT2D eigenvalue weighted by Gasteiger charge is -2.49. The number of ether oxygens (including phenoxy) is 1. The van der Waals surface area contributed by atoms with Gasteiger partial charge in [-0.25, -0.2) is 4.98 Å². The number of aromatic amines is 1. The maximum atomic E-state index is 6.42. The van der Waals surface area contributed by atoms with Crippen molar-refractivity contribution in [3.63, 3.8) is 0 Å². The molecule has 5 nitrogen and oxygen atoms in total. The first-order valence-corrected chi connectivity index (χ1v) is 10.4. The number of anilines is 3. The number of para-hydroxylation sites is 1. The lowest BCUT2D eigenvalue weighted by molar-refractivity contribution is 0.0580. The molecule has 0 bridgehead atoms. The van der Waals surface area contributed by atoms with Crippen LogP contribution in [0.2, 0.25) is 5.02 Å². The van der Waals surface area contributed by atoms with Gasteiger partial charge in [0.15, 0.2) is 0 Å². The fraction of sp³-hybridized carbons (Fsp3) is 0.208. The Labute approximate surface area is 180 Å². The number of aromatic nitrogens is 2. The van der Waals surface area contributed by atoms with E-state index in [9.17, 15) is 0 Å². The summed E-state index contributed by atoms with van der Waals surface area (Å²) in [4.78, 5) is 10.1. The van der Waals surface area contributed by atoms with Gasteiger partial charge in [0.2, 0.25) is 0 Å². The van der Waals surface area contributed by atoms with Crippen molar-refractivity contribution in [2.75, 3.05) is 23.3 Å². The number of fused-ring (bicyclic) bond motifs is 1. The number of hydrogen-bond donors (Lipinski definition) is 2. The van der Waals surface area contributed by atoms with Gasteiger partial charge in [-0.15, -0.1) is 0 Å². The summed E-state index contributed by atoms with van der Waals surface area (Å²) in [6.07, 6.45) is 3.73. The molecule has 0 radical (unpaired) electrons. The first kappa shape index (κ1) is 18.8. The van der Waals surface area contributed by atoms with E-state index in [2.05, 4.69) is 40.1 Å². The van der Waals surface area contributed by atoms with Crippen LogP contribution >= 0.6 is 11.6 Å². The molecule has 3 heterocycles. The average molecular weight is 419 g/mol. The number of rotatable bonds is 5. The molecule has 0 saturated carbocycles. The van der Waals surface area contributed by atoms with Crippen molar-refractivity contribution in [1.82, 2.24) is 9.97 Å². The standard InChI is InChI=1S/C24H23ClN4O/c1-16-22(29-14-24(2,15-29)30-18-6-4-3-5-7-18)9-11-27-23(16)28-17-12-20(25)19-8-10-26-21(19)13-17/h3-13,26H,14-15H2,1-2H3,(H,27,28). The molecule has 0 unspecified atom stereocenters. The van der Waals surface area contributed by atoms with Crippen LogP contribution in [0.3, 0.4) is 0 Å². The number of H-pyrrole nitrogens is 1. The van der Waals surface area contributed by atoms with Gasteiger partial charge in [0.1, 0.15) is 17.2 Å². The van der Waals surface area contributed by atoms with E-state index in [4.69, 9.17) is 16.3 Å². The van der Waals surface area contributed by atoms with Crippen molar-refractivity contribution in [3.8, 4) is 5.75 Å². The predicted octanol–water partition coefficient (Wildman–Crippen LogP) is 5.93. The zero-order chi connectivity index (χ0) is 20.7. The van der Waals surface area contributed by atoms with Gasteiger partial charge < -0.3 is 19.9 Å². The van der Waals surface area contributed by atoms with Gasteiger partial charge in [-0.2, -0.15) is 0 Å². The molecule has 152 valence electrons. The number of hydrogen-bond acceptors (Lipinski definition) is 4. The lowest BCUT2D eigenvalue weighted by atomic mass is 9.94. The minimum absolute atomic E-state index is 0.198. The summed E-state index contributed by atoms with van der Waals surface area (Å²) >= 11 is 6.42. The van der Waals surface area contributed by atoms with E-state index in [1.54, 1.807) is 0 Å². The Hall–Kier alpha value is -3.18. The van der Waals surface area contributed by atoms with Crippen molar-refractivity contribution < 1.29 is 4.74 Å². The molecule has 2 aromatic carbocycles. The average Bonchev–Trinajstić information content (AvgIpc) is 3.18. The Balaban J connectivity index is 1.34. The minimum atomic E-state index is -0.198. The minimum Gasteiger partial charge on any atom is -0.484 e. The summed E-state index contributed by atoms with van der Waals surface area (Å²) in [7, 11) is 0. The molecule has 1 aliphatic rings. The van der Waals surface area contributed by atoms with Gasteiger partial charge in [0, 0.05) is 40.2 Å². The highest BCUT2D eigenvalue weighted by Gasteiger charge is 2.41. The lowest BCUT2D eigenvalue weighted by Crippen LogP contribution is -2.63. The SMILES string of the molecule is Cc1c(N2CC(C)(Oc3ccccc3)C2)ccnc1Nc1cc(Cl)c2cc[nH]c2c1. The normalized spacial score (nSPS) is 15.1. The molecule has 2 aromatic heterocycles. The Bertz CT molecular complexity index is 1200. The van der Waals surface area contributed by atoms with Crippen LogP contribution < -0.4 is 15.0 Å². The second-order valence-corrected chi connectivity index (χ2v) is 8.45. The highest BCUT2D eigenvalue weighted by atomic mass is 35.5. The van der Waals surface area contributed by atoms with Crippen LogP contribution in [0.1, 0.15) is 12.5 Å². The van der Waals surface area contributed by atoms with E-state index in [1.165, 1.54) is 0 Å². The first-order chi connectivity index (χ1) is 14.5. The zero-order valence-corrected chi connectivity index (χ0v) is 17.7. The Morgan fingerprint density at radius 3 is 2.73 bits per heavy atom. The van der Waals surface area contributed by atoms with Crippen LogP contribution in [0.5, 0.6) is 5.75 Å². The molecule has 0 amide bonds. The van der Waals surface area contributed by atoms with E-state index in [0.29, 0.717) is 5.02 Å². The summed E-state index contributed by atoms with van der Waals surface area (Å²) < 4.78 is 6.21. The Kier molecular flexibility index (Phi) is 4.55. The van der Waals surface area contributed by atoms with E-state index in [0.717, 1.165) is 52.5 Å². The molecular formula is C24H23ClN4O. The molecule has 5 rings (SSSR count). The second kappa shape index (κ2) is 7.26. The van der Waals surface area contributed by atoms with Gasteiger partial charge in [0.25, 0.3) is 0 Å². The van der Waals surface area contributed by atoms with Gasteiger partial charge in [0.05, 0.1) is 18.1 Å². The summed E-state index contributed by atoms with van der Waals surface area (Å²) in [6.45, 7) is 5.89.